The molecular formula is C14H30N2O. The van der Waals surface area contributed by atoms with Crippen LogP contribution >= 0.6 is 0 Å². The minimum absolute atomic E-state index is 0.114. The lowest BCUT2D eigenvalue weighted by atomic mass is 9.95. The van der Waals surface area contributed by atoms with Gasteiger partial charge in [0, 0.05) is 17.6 Å². The van der Waals surface area contributed by atoms with Crippen molar-refractivity contribution >= 4 is 0 Å². The van der Waals surface area contributed by atoms with Crippen LogP contribution in [-0.2, 0) is 0 Å². The van der Waals surface area contributed by atoms with E-state index in [-0.39, 0.29) is 12.1 Å². The minimum Gasteiger partial charge on any atom is -0.394 e. The van der Waals surface area contributed by atoms with Crippen molar-refractivity contribution in [1.29, 1.82) is 0 Å². The van der Waals surface area contributed by atoms with E-state index in [0.717, 1.165) is 19.0 Å². The van der Waals surface area contributed by atoms with Crippen LogP contribution < -0.4 is 5.32 Å². The summed E-state index contributed by atoms with van der Waals surface area (Å²) in [6.07, 6.45) is 4.98. The molecule has 1 aliphatic rings. The van der Waals surface area contributed by atoms with Gasteiger partial charge in [-0.3, -0.25) is 0 Å². The molecule has 0 spiro atoms. The second-order valence-corrected chi connectivity index (χ2v) is 5.98. The molecule has 1 fully saturated rings. The Balaban J connectivity index is 2.26. The fraction of sp³-hybridized carbons (Fsp3) is 1.00. The third-order valence-electron chi connectivity index (χ3n) is 3.63. The molecule has 0 heterocycles. The van der Waals surface area contributed by atoms with Crippen molar-refractivity contribution in [3.8, 4) is 0 Å². The molecule has 3 heteroatoms. The monoisotopic (exact) mass is 242 g/mol. The predicted molar refractivity (Wildman–Crippen MR) is 73.3 cm³/mol. The molecule has 3 nitrogen and oxygen atoms in total. The van der Waals surface area contributed by atoms with Gasteiger partial charge in [-0.2, -0.15) is 0 Å². The van der Waals surface area contributed by atoms with Gasteiger partial charge in [-0.25, -0.2) is 0 Å². The van der Waals surface area contributed by atoms with E-state index in [2.05, 4.69) is 37.9 Å². The van der Waals surface area contributed by atoms with E-state index in [9.17, 15) is 5.11 Å². The Kier molecular flexibility index (Phi) is 5.90. The molecule has 1 aliphatic carbocycles. The van der Waals surface area contributed by atoms with Crippen LogP contribution in [0.2, 0.25) is 0 Å². The van der Waals surface area contributed by atoms with Crippen LogP contribution in [0.1, 0.15) is 53.4 Å². The van der Waals surface area contributed by atoms with E-state index in [0.29, 0.717) is 6.04 Å². The third-order valence-corrected chi connectivity index (χ3v) is 3.63. The molecule has 0 bridgehead atoms. The van der Waals surface area contributed by atoms with Crippen molar-refractivity contribution in [3.05, 3.63) is 0 Å². The molecule has 0 radical (unpaired) electrons. The Hall–Kier alpha value is -0.120. The average molecular weight is 242 g/mol. The summed E-state index contributed by atoms with van der Waals surface area (Å²) in [5.41, 5.74) is -0.114. The van der Waals surface area contributed by atoms with Crippen molar-refractivity contribution < 1.29 is 5.11 Å². The molecular weight excluding hydrogens is 212 g/mol. The summed E-state index contributed by atoms with van der Waals surface area (Å²) in [5, 5.41) is 13.0. The fourth-order valence-electron chi connectivity index (χ4n) is 2.60. The second kappa shape index (κ2) is 6.72. The summed E-state index contributed by atoms with van der Waals surface area (Å²) >= 11 is 0. The summed E-state index contributed by atoms with van der Waals surface area (Å²) in [6, 6.07) is 1.29. The van der Waals surface area contributed by atoms with E-state index in [1.807, 2.05) is 0 Å². The van der Waals surface area contributed by atoms with Gasteiger partial charge in [-0.05, 0) is 45.7 Å². The van der Waals surface area contributed by atoms with Crippen molar-refractivity contribution in [1.82, 2.24) is 10.2 Å². The standard InChI is InChI=1S/C14H30N2O/c1-5-16(13-7-8-13)10-6-9-14(4,11-17)15-12(2)3/h12-13,15,17H,5-11H2,1-4H3. The van der Waals surface area contributed by atoms with E-state index in [4.69, 9.17) is 0 Å². The maximum Gasteiger partial charge on any atom is 0.0610 e. The maximum absolute atomic E-state index is 9.50. The molecule has 0 aromatic heterocycles. The highest BCUT2D eigenvalue weighted by Crippen LogP contribution is 2.27. The first-order valence-corrected chi connectivity index (χ1v) is 7.13. The fourth-order valence-corrected chi connectivity index (χ4v) is 2.60. The van der Waals surface area contributed by atoms with Crippen LogP contribution in [-0.4, -0.2) is 47.3 Å². The van der Waals surface area contributed by atoms with E-state index < -0.39 is 0 Å². The number of hydrogen-bond acceptors (Lipinski definition) is 3. The summed E-state index contributed by atoms with van der Waals surface area (Å²) in [5.74, 6) is 0. The summed E-state index contributed by atoms with van der Waals surface area (Å²) in [7, 11) is 0. The minimum atomic E-state index is -0.114. The first kappa shape index (κ1) is 14.9. The highest BCUT2D eigenvalue weighted by Gasteiger charge is 2.28. The Bertz CT molecular complexity index is 216. The number of aliphatic hydroxyl groups excluding tert-OH is 1. The largest absolute Gasteiger partial charge is 0.394 e. The zero-order chi connectivity index (χ0) is 12.9. The van der Waals surface area contributed by atoms with Crippen molar-refractivity contribution in [2.24, 2.45) is 0 Å². The molecule has 1 atom stereocenters. The van der Waals surface area contributed by atoms with Gasteiger partial charge in [0.1, 0.15) is 0 Å². The molecule has 1 saturated carbocycles. The Morgan fingerprint density at radius 2 is 2.06 bits per heavy atom. The summed E-state index contributed by atoms with van der Waals surface area (Å²) < 4.78 is 0. The Morgan fingerprint density at radius 1 is 1.41 bits per heavy atom. The first-order valence-electron chi connectivity index (χ1n) is 7.13. The Labute approximate surface area is 107 Å². The van der Waals surface area contributed by atoms with Crippen molar-refractivity contribution in [2.45, 2.75) is 71.0 Å². The molecule has 0 aromatic carbocycles. The van der Waals surface area contributed by atoms with Gasteiger partial charge >= 0.3 is 0 Å². The zero-order valence-electron chi connectivity index (χ0n) is 12.0. The summed E-state index contributed by atoms with van der Waals surface area (Å²) in [4.78, 5) is 2.58. The average Bonchev–Trinajstić information content (AvgIpc) is 3.07. The lowest BCUT2D eigenvalue weighted by Gasteiger charge is -2.32. The van der Waals surface area contributed by atoms with Gasteiger partial charge < -0.3 is 15.3 Å². The van der Waals surface area contributed by atoms with Gasteiger partial charge in [0.05, 0.1) is 6.61 Å². The third kappa shape index (κ3) is 5.36. The van der Waals surface area contributed by atoms with Crippen LogP contribution in [0.5, 0.6) is 0 Å². The Morgan fingerprint density at radius 3 is 2.47 bits per heavy atom. The van der Waals surface area contributed by atoms with Crippen LogP contribution in [0.3, 0.4) is 0 Å². The SMILES string of the molecule is CCN(CCCC(C)(CO)NC(C)C)C1CC1. The van der Waals surface area contributed by atoms with Gasteiger partial charge in [0.2, 0.25) is 0 Å². The van der Waals surface area contributed by atoms with Gasteiger partial charge in [0.15, 0.2) is 0 Å². The number of hydrogen-bond donors (Lipinski definition) is 2. The normalized spacial score (nSPS) is 19.9. The van der Waals surface area contributed by atoms with E-state index in [1.54, 1.807) is 0 Å². The highest BCUT2D eigenvalue weighted by atomic mass is 16.3. The molecule has 1 rings (SSSR count). The van der Waals surface area contributed by atoms with E-state index >= 15 is 0 Å². The predicted octanol–water partition coefficient (Wildman–Crippen LogP) is 2.00. The molecule has 1 unspecified atom stereocenters. The molecule has 2 N–H and O–H groups in total. The topological polar surface area (TPSA) is 35.5 Å². The lowest BCUT2D eigenvalue weighted by Crippen LogP contribution is -2.49. The molecule has 0 aliphatic heterocycles. The van der Waals surface area contributed by atoms with Gasteiger partial charge in [-0.1, -0.05) is 20.8 Å². The number of nitrogens with one attached hydrogen (secondary N) is 1. The number of rotatable bonds is 9. The van der Waals surface area contributed by atoms with Crippen LogP contribution in [0.4, 0.5) is 0 Å². The van der Waals surface area contributed by atoms with Crippen LogP contribution in [0, 0.1) is 0 Å². The van der Waals surface area contributed by atoms with Crippen molar-refractivity contribution in [3.63, 3.8) is 0 Å². The first-order chi connectivity index (χ1) is 8.00. The van der Waals surface area contributed by atoms with Crippen LogP contribution in [0.25, 0.3) is 0 Å². The maximum atomic E-state index is 9.50. The molecule has 17 heavy (non-hydrogen) atoms. The second-order valence-electron chi connectivity index (χ2n) is 5.98. The van der Waals surface area contributed by atoms with Gasteiger partial charge in [0.25, 0.3) is 0 Å². The molecule has 0 aromatic rings. The lowest BCUT2D eigenvalue weighted by molar-refractivity contribution is 0.148. The smallest absolute Gasteiger partial charge is 0.0610 e. The van der Waals surface area contributed by atoms with Gasteiger partial charge in [-0.15, -0.1) is 0 Å². The summed E-state index contributed by atoms with van der Waals surface area (Å²) in [6.45, 7) is 11.2. The molecule has 0 saturated heterocycles. The zero-order valence-corrected chi connectivity index (χ0v) is 12.0. The number of nitrogens with zero attached hydrogens (tertiary/aromatic N) is 1. The number of aliphatic hydroxyl groups is 1. The molecule has 102 valence electrons. The quantitative estimate of drug-likeness (QED) is 0.649. The van der Waals surface area contributed by atoms with Crippen molar-refractivity contribution in [2.75, 3.05) is 19.7 Å². The highest BCUT2D eigenvalue weighted by molar-refractivity contribution is 4.87. The van der Waals surface area contributed by atoms with E-state index in [1.165, 1.54) is 25.8 Å². The van der Waals surface area contributed by atoms with Crippen LogP contribution in [0.15, 0.2) is 0 Å². The molecule has 0 amide bonds.